The zero-order valence-corrected chi connectivity index (χ0v) is 13.0. The predicted molar refractivity (Wildman–Crippen MR) is 84.5 cm³/mol. The molecule has 0 fully saturated rings. The van der Waals surface area contributed by atoms with E-state index in [1.807, 2.05) is 12.1 Å². The van der Waals surface area contributed by atoms with Gasteiger partial charge in [-0.2, -0.15) is 0 Å². The van der Waals surface area contributed by atoms with E-state index in [0.29, 0.717) is 26.7 Å². The van der Waals surface area contributed by atoms with Crippen LogP contribution in [0.3, 0.4) is 0 Å². The molecule has 6 heteroatoms. The van der Waals surface area contributed by atoms with Crippen LogP contribution in [0.25, 0.3) is 22.2 Å². The van der Waals surface area contributed by atoms with Crippen molar-refractivity contribution in [3.8, 4) is 11.3 Å². The second-order valence-corrected chi connectivity index (χ2v) is 7.35. The van der Waals surface area contributed by atoms with Crippen LogP contribution in [0.2, 0.25) is 5.02 Å². The van der Waals surface area contributed by atoms with Crippen molar-refractivity contribution in [2.24, 2.45) is 0 Å². The molecule has 0 amide bonds. The zero-order chi connectivity index (χ0) is 14.8. The fraction of sp³-hybridized carbons (Fsp3) is 0.0667. The average molecular weight is 338 g/mol. The van der Waals surface area contributed by atoms with E-state index in [0.717, 1.165) is 10.9 Å². The number of hydrogen-bond donors (Lipinski definition) is 0. The molecule has 0 unspecified atom stereocenters. The summed E-state index contributed by atoms with van der Waals surface area (Å²) >= 11 is 12.1. The lowest BCUT2D eigenvalue weighted by Crippen LogP contribution is -2.07. The van der Waals surface area contributed by atoms with Crippen LogP contribution in [0, 0.1) is 0 Å². The summed E-state index contributed by atoms with van der Waals surface area (Å²) in [6, 6.07) is 12.2. The first-order valence-electron chi connectivity index (χ1n) is 6.29. The minimum atomic E-state index is -3.58. The van der Waals surface area contributed by atoms with Gasteiger partial charge in [-0.25, -0.2) is 12.4 Å². The SMILES string of the molecule is O=S1(=O)c2ccccc2-c2c(CCl)c3cc(Cl)ccc3n21. The summed E-state index contributed by atoms with van der Waals surface area (Å²) in [6.45, 7) is 0. The number of nitrogens with zero attached hydrogens (tertiary/aromatic N) is 1. The van der Waals surface area contributed by atoms with E-state index in [9.17, 15) is 8.42 Å². The molecule has 2 heterocycles. The van der Waals surface area contributed by atoms with Crippen molar-refractivity contribution in [2.75, 3.05) is 0 Å². The number of alkyl halides is 1. The van der Waals surface area contributed by atoms with Gasteiger partial charge in [-0.1, -0.05) is 29.8 Å². The van der Waals surface area contributed by atoms with Gasteiger partial charge in [-0.05, 0) is 24.3 Å². The summed E-state index contributed by atoms with van der Waals surface area (Å²) in [5.74, 6) is 0.225. The Hall–Kier alpha value is -1.49. The number of fused-ring (bicyclic) bond motifs is 5. The maximum atomic E-state index is 12.8. The Balaban J connectivity index is 2.28. The summed E-state index contributed by atoms with van der Waals surface area (Å²) < 4.78 is 27.0. The molecular weight excluding hydrogens is 329 g/mol. The molecule has 0 N–H and O–H groups in total. The molecule has 1 aliphatic heterocycles. The van der Waals surface area contributed by atoms with Gasteiger partial charge >= 0.3 is 0 Å². The van der Waals surface area contributed by atoms with E-state index in [2.05, 4.69) is 0 Å². The van der Waals surface area contributed by atoms with Gasteiger partial charge in [0.25, 0.3) is 10.0 Å². The first-order valence-corrected chi connectivity index (χ1v) is 8.64. The first-order chi connectivity index (χ1) is 10.1. The molecule has 2 aromatic carbocycles. The second kappa shape index (κ2) is 4.26. The molecule has 3 nitrogen and oxygen atoms in total. The lowest BCUT2D eigenvalue weighted by Gasteiger charge is -2.02. The molecular formula is C15H9Cl2NO2S. The molecule has 0 spiro atoms. The van der Waals surface area contributed by atoms with Crippen molar-refractivity contribution < 1.29 is 8.42 Å². The van der Waals surface area contributed by atoms with Crippen molar-refractivity contribution >= 4 is 44.1 Å². The third kappa shape index (κ3) is 1.58. The van der Waals surface area contributed by atoms with Crippen LogP contribution < -0.4 is 0 Å². The lowest BCUT2D eigenvalue weighted by atomic mass is 10.1. The molecule has 21 heavy (non-hydrogen) atoms. The quantitative estimate of drug-likeness (QED) is 0.487. The summed E-state index contributed by atoms with van der Waals surface area (Å²) in [5, 5.41) is 1.34. The minimum Gasteiger partial charge on any atom is -0.233 e. The number of halogens is 2. The predicted octanol–water partition coefficient (Wildman–Crippen LogP) is 4.25. The lowest BCUT2D eigenvalue weighted by molar-refractivity contribution is 0.592. The highest BCUT2D eigenvalue weighted by atomic mass is 35.5. The summed E-state index contributed by atoms with van der Waals surface area (Å²) in [5.41, 5.74) is 2.75. The Morgan fingerprint density at radius 3 is 2.62 bits per heavy atom. The van der Waals surface area contributed by atoms with E-state index in [1.165, 1.54) is 3.97 Å². The van der Waals surface area contributed by atoms with E-state index >= 15 is 0 Å². The van der Waals surface area contributed by atoms with Crippen LogP contribution in [0.1, 0.15) is 5.56 Å². The van der Waals surface area contributed by atoms with Crippen molar-refractivity contribution in [1.82, 2.24) is 3.97 Å². The summed E-state index contributed by atoms with van der Waals surface area (Å²) in [7, 11) is -3.58. The molecule has 0 bridgehead atoms. The van der Waals surface area contributed by atoms with Gasteiger partial charge in [0.1, 0.15) is 0 Å². The van der Waals surface area contributed by atoms with E-state index in [4.69, 9.17) is 23.2 Å². The third-order valence-corrected chi connectivity index (χ3v) is 6.06. The van der Waals surface area contributed by atoms with Crippen LogP contribution in [0.4, 0.5) is 0 Å². The first kappa shape index (κ1) is 13.2. The Bertz CT molecular complexity index is 1010. The van der Waals surface area contributed by atoms with Gasteiger partial charge in [0.15, 0.2) is 0 Å². The molecule has 0 saturated heterocycles. The van der Waals surface area contributed by atoms with E-state index < -0.39 is 10.0 Å². The average Bonchev–Trinajstić information content (AvgIpc) is 2.91. The monoisotopic (exact) mass is 337 g/mol. The largest absolute Gasteiger partial charge is 0.269 e. The van der Waals surface area contributed by atoms with Gasteiger partial charge in [-0.15, -0.1) is 11.6 Å². The van der Waals surface area contributed by atoms with E-state index in [-0.39, 0.29) is 5.88 Å². The molecule has 0 saturated carbocycles. The minimum absolute atomic E-state index is 0.225. The fourth-order valence-electron chi connectivity index (χ4n) is 2.94. The van der Waals surface area contributed by atoms with Gasteiger partial charge < -0.3 is 0 Å². The molecule has 0 radical (unpaired) electrons. The van der Waals surface area contributed by atoms with Crippen LogP contribution in [0.5, 0.6) is 0 Å². The zero-order valence-electron chi connectivity index (χ0n) is 10.7. The normalized spacial score (nSPS) is 15.1. The Morgan fingerprint density at radius 1 is 1.10 bits per heavy atom. The highest BCUT2D eigenvalue weighted by molar-refractivity contribution is 7.90. The molecule has 3 aromatic rings. The van der Waals surface area contributed by atoms with Crippen molar-refractivity contribution in [1.29, 1.82) is 0 Å². The standard InChI is InChI=1S/C15H9Cl2NO2S/c16-8-12-11-7-9(17)5-6-13(11)18-15(12)10-3-1-2-4-14(10)21(18,19)20/h1-7H,8H2. The van der Waals surface area contributed by atoms with Gasteiger partial charge in [-0.3, -0.25) is 0 Å². The van der Waals surface area contributed by atoms with Gasteiger partial charge in [0.05, 0.1) is 22.0 Å². The fourth-order valence-corrected chi connectivity index (χ4v) is 5.14. The van der Waals surface area contributed by atoms with Crippen LogP contribution in [0.15, 0.2) is 47.4 Å². The third-order valence-electron chi connectivity index (χ3n) is 3.79. The summed E-state index contributed by atoms with van der Waals surface area (Å²) in [6.07, 6.45) is 0. The highest BCUT2D eigenvalue weighted by Crippen LogP contribution is 2.45. The highest BCUT2D eigenvalue weighted by Gasteiger charge is 2.36. The maximum absolute atomic E-state index is 12.8. The maximum Gasteiger partial charge on any atom is 0.269 e. The van der Waals surface area contributed by atoms with Crippen LogP contribution >= 0.6 is 23.2 Å². The van der Waals surface area contributed by atoms with E-state index in [1.54, 1.807) is 30.3 Å². The topological polar surface area (TPSA) is 39.1 Å². The molecule has 0 aliphatic carbocycles. The number of hydrogen-bond acceptors (Lipinski definition) is 2. The van der Waals surface area contributed by atoms with Crippen molar-refractivity contribution in [3.63, 3.8) is 0 Å². The van der Waals surface area contributed by atoms with Gasteiger partial charge in [0, 0.05) is 21.5 Å². The van der Waals surface area contributed by atoms with Crippen molar-refractivity contribution in [2.45, 2.75) is 10.8 Å². The van der Waals surface area contributed by atoms with Crippen LogP contribution in [-0.4, -0.2) is 12.4 Å². The molecule has 1 aliphatic rings. The van der Waals surface area contributed by atoms with Crippen LogP contribution in [-0.2, 0) is 15.9 Å². The number of rotatable bonds is 1. The molecule has 0 atom stereocenters. The summed E-state index contributed by atoms with van der Waals surface area (Å²) in [4.78, 5) is 0.322. The Kier molecular flexibility index (Phi) is 2.67. The number of benzene rings is 2. The Labute approximate surface area is 131 Å². The Morgan fingerprint density at radius 2 is 1.86 bits per heavy atom. The number of aromatic nitrogens is 1. The molecule has 4 rings (SSSR count). The second-order valence-electron chi connectivity index (χ2n) is 4.89. The molecule has 1 aromatic heterocycles. The van der Waals surface area contributed by atoms with Gasteiger partial charge in [0.2, 0.25) is 0 Å². The van der Waals surface area contributed by atoms with Crippen molar-refractivity contribution in [3.05, 3.63) is 53.1 Å². The smallest absolute Gasteiger partial charge is 0.233 e. The molecule has 106 valence electrons.